The highest BCUT2D eigenvalue weighted by molar-refractivity contribution is 6.05. The predicted octanol–water partition coefficient (Wildman–Crippen LogP) is 1.62. The van der Waals surface area contributed by atoms with Crippen molar-refractivity contribution in [3.05, 3.63) is 11.1 Å². The van der Waals surface area contributed by atoms with E-state index in [4.69, 9.17) is 4.74 Å². The summed E-state index contributed by atoms with van der Waals surface area (Å²) in [5.74, 6) is -0.474. The van der Waals surface area contributed by atoms with Gasteiger partial charge in [0.2, 0.25) is 5.78 Å². The zero-order valence-electron chi connectivity index (χ0n) is 8.43. The second-order valence-electron chi connectivity index (χ2n) is 3.74. The zero-order chi connectivity index (χ0) is 10.2. The van der Waals surface area contributed by atoms with E-state index in [9.17, 15) is 9.59 Å². The molecule has 0 fully saturated rings. The maximum Gasteiger partial charge on any atom is 0.303 e. The first kappa shape index (κ1) is 9.96. The molecule has 0 spiro atoms. The predicted molar refractivity (Wildman–Crippen MR) is 48.2 cm³/mol. The third-order valence-electron chi connectivity index (χ3n) is 2.43. The first-order valence-corrected chi connectivity index (χ1v) is 4.27. The number of esters is 1. The average Bonchev–Trinajstić information content (AvgIpc) is 2.14. The van der Waals surface area contributed by atoms with Crippen molar-refractivity contribution in [2.24, 2.45) is 0 Å². The number of ketones is 1. The monoisotopic (exact) mass is 182 g/mol. The van der Waals surface area contributed by atoms with Crippen molar-refractivity contribution in [2.75, 3.05) is 0 Å². The molecule has 13 heavy (non-hydrogen) atoms. The third kappa shape index (κ3) is 1.64. The van der Waals surface area contributed by atoms with Crippen molar-refractivity contribution in [2.45, 2.75) is 39.7 Å². The molecule has 3 heteroatoms. The molecule has 0 saturated carbocycles. The molecular formula is C10H14O3. The lowest BCUT2D eigenvalue weighted by atomic mass is 10.0. The van der Waals surface area contributed by atoms with Crippen LogP contribution in [0.1, 0.15) is 34.1 Å². The molecule has 0 radical (unpaired) electrons. The molecule has 0 aromatic rings. The molecule has 0 N–H and O–H groups in total. The Morgan fingerprint density at radius 1 is 1.46 bits per heavy atom. The summed E-state index contributed by atoms with van der Waals surface area (Å²) in [4.78, 5) is 22.4. The second kappa shape index (κ2) is 2.98. The van der Waals surface area contributed by atoms with E-state index in [1.165, 1.54) is 6.92 Å². The summed E-state index contributed by atoms with van der Waals surface area (Å²) in [6.07, 6.45) is 0.525. The van der Waals surface area contributed by atoms with Gasteiger partial charge in [-0.3, -0.25) is 9.59 Å². The Morgan fingerprint density at radius 2 is 2.00 bits per heavy atom. The highest BCUT2D eigenvalue weighted by atomic mass is 16.6. The summed E-state index contributed by atoms with van der Waals surface area (Å²) < 4.78 is 5.02. The molecule has 0 heterocycles. The van der Waals surface area contributed by atoms with E-state index in [1.54, 1.807) is 13.8 Å². The lowest BCUT2D eigenvalue weighted by Crippen LogP contribution is -2.36. The summed E-state index contributed by atoms with van der Waals surface area (Å²) >= 11 is 0. The minimum atomic E-state index is -0.944. The fraction of sp³-hybridized carbons (Fsp3) is 0.600. The molecule has 0 bridgehead atoms. The van der Waals surface area contributed by atoms with E-state index in [0.717, 1.165) is 11.1 Å². The van der Waals surface area contributed by atoms with Gasteiger partial charge in [0.05, 0.1) is 0 Å². The first-order valence-electron chi connectivity index (χ1n) is 4.27. The lowest BCUT2D eigenvalue weighted by molar-refractivity contribution is -0.160. The topological polar surface area (TPSA) is 43.4 Å². The number of Topliss-reactive ketones (excluding diaryl/α,β-unsaturated/α-hetero) is 1. The fourth-order valence-corrected chi connectivity index (χ4v) is 1.71. The molecule has 0 aromatic heterocycles. The minimum absolute atomic E-state index is 0.0693. The van der Waals surface area contributed by atoms with Gasteiger partial charge >= 0.3 is 5.97 Å². The van der Waals surface area contributed by atoms with Gasteiger partial charge in [-0.15, -0.1) is 0 Å². The van der Waals surface area contributed by atoms with Crippen molar-refractivity contribution in [3.8, 4) is 0 Å². The van der Waals surface area contributed by atoms with Crippen molar-refractivity contribution in [1.82, 2.24) is 0 Å². The summed E-state index contributed by atoms with van der Waals surface area (Å²) in [7, 11) is 0. The first-order chi connectivity index (χ1) is 5.87. The summed E-state index contributed by atoms with van der Waals surface area (Å²) in [6, 6.07) is 0. The van der Waals surface area contributed by atoms with Crippen LogP contribution in [0.5, 0.6) is 0 Å². The molecule has 3 nitrogen and oxygen atoms in total. The second-order valence-corrected chi connectivity index (χ2v) is 3.74. The summed E-state index contributed by atoms with van der Waals surface area (Å²) in [6.45, 7) is 6.65. The van der Waals surface area contributed by atoms with Crippen LogP contribution in [0.3, 0.4) is 0 Å². The number of carbonyl (C=O) groups is 2. The van der Waals surface area contributed by atoms with Crippen LogP contribution in [0.25, 0.3) is 0 Å². The summed E-state index contributed by atoms with van der Waals surface area (Å²) in [5.41, 5.74) is 0.789. The van der Waals surface area contributed by atoms with Gasteiger partial charge in [0.15, 0.2) is 5.60 Å². The normalized spacial score (nSPS) is 28.2. The molecular weight excluding hydrogens is 168 g/mol. The van der Waals surface area contributed by atoms with Gasteiger partial charge in [-0.1, -0.05) is 5.57 Å². The van der Waals surface area contributed by atoms with E-state index in [1.807, 2.05) is 6.92 Å². The Kier molecular flexibility index (Phi) is 2.28. The minimum Gasteiger partial charge on any atom is -0.451 e. The zero-order valence-corrected chi connectivity index (χ0v) is 8.43. The Labute approximate surface area is 77.8 Å². The van der Waals surface area contributed by atoms with E-state index in [-0.39, 0.29) is 5.78 Å². The van der Waals surface area contributed by atoms with Gasteiger partial charge < -0.3 is 4.74 Å². The molecule has 0 aromatic carbocycles. The van der Waals surface area contributed by atoms with Crippen molar-refractivity contribution in [3.63, 3.8) is 0 Å². The quantitative estimate of drug-likeness (QED) is 0.579. The van der Waals surface area contributed by atoms with E-state index >= 15 is 0 Å². The smallest absolute Gasteiger partial charge is 0.303 e. The van der Waals surface area contributed by atoms with Gasteiger partial charge in [-0.05, 0) is 26.3 Å². The van der Waals surface area contributed by atoms with Gasteiger partial charge in [0.25, 0.3) is 0 Å². The standard InChI is InChI=1S/C10H14O3/c1-6-5-10(4,13-8(3)11)9(12)7(6)2/h5H2,1-4H3. The molecule has 1 atom stereocenters. The molecule has 1 aliphatic rings. The van der Waals surface area contributed by atoms with E-state index in [2.05, 4.69) is 0 Å². The molecule has 1 aliphatic carbocycles. The molecule has 72 valence electrons. The van der Waals surface area contributed by atoms with Crippen LogP contribution in [-0.4, -0.2) is 17.4 Å². The highest BCUT2D eigenvalue weighted by Crippen LogP contribution is 2.33. The molecule has 0 saturated heterocycles. The Bertz CT molecular complexity index is 301. The van der Waals surface area contributed by atoms with Crippen LogP contribution in [0, 0.1) is 0 Å². The highest BCUT2D eigenvalue weighted by Gasteiger charge is 2.42. The van der Waals surface area contributed by atoms with Crippen molar-refractivity contribution >= 4 is 11.8 Å². The van der Waals surface area contributed by atoms with Crippen LogP contribution in [-0.2, 0) is 14.3 Å². The van der Waals surface area contributed by atoms with Crippen LogP contribution in [0.15, 0.2) is 11.1 Å². The molecule has 1 rings (SSSR count). The average molecular weight is 182 g/mol. The van der Waals surface area contributed by atoms with Gasteiger partial charge in [-0.2, -0.15) is 0 Å². The Morgan fingerprint density at radius 3 is 2.31 bits per heavy atom. The van der Waals surface area contributed by atoms with Crippen molar-refractivity contribution in [1.29, 1.82) is 0 Å². The Balaban J connectivity index is 2.88. The molecule has 0 amide bonds. The van der Waals surface area contributed by atoms with Crippen LogP contribution in [0.4, 0.5) is 0 Å². The van der Waals surface area contributed by atoms with Crippen molar-refractivity contribution < 1.29 is 14.3 Å². The van der Waals surface area contributed by atoms with Crippen LogP contribution >= 0.6 is 0 Å². The lowest BCUT2D eigenvalue weighted by Gasteiger charge is -2.22. The van der Waals surface area contributed by atoms with E-state index < -0.39 is 11.6 Å². The SMILES string of the molecule is CC(=O)OC1(C)CC(C)=C(C)C1=O. The summed E-state index contributed by atoms with van der Waals surface area (Å²) in [5, 5.41) is 0. The number of hydrogen-bond donors (Lipinski definition) is 0. The van der Waals surface area contributed by atoms with E-state index in [0.29, 0.717) is 6.42 Å². The number of carbonyl (C=O) groups excluding carboxylic acids is 2. The third-order valence-corrected chi connectivity index (χ3v) is 2.43. The number of hydrogen-bond acceptors (Lipinski definition) is 3. The largest absolute Gasteiger partial charge is 0.451 e. The maximum absolute atomic E-state index is 11.6. The number of ether oxygens (including phenoxy) is 1. The molecule has 1 unspecified atom stereocenters. The molecule has 0 aliphatic heterocycles. The Hall–Kier alpha value is -1.12. The van der Waals surface area contributed by atoms with Gasteiger partial charge in [-0.25, -0.2) is 0 Å². The fourth-order valence-electron chi connectivity index (χ4n) is 1.71. The van der Waals surface area contributed by atoms with Gasteiger partial charge in [0.1, 0.15) is 0 Å². The number of rotatable bonds is 1. The van der Waals surface area contributed by atoms with Gasteiger partial charge in [0, 0.05) is 13.3 Å². The maximum atomic E-state index is 11.6. The van der Waals surface area contributed by atoms with Crippen LogP contribution in [0.2, 0.25) is 0 Å². The van der Waals surface area contributed by atoms with Crippen LogP contribution < -0.4 is 0 Å².